The number of rotatable bonds is 12. The van der Waals surface area contributed by atoms with Gasteiger partial charge in [0.1, 0.15) is 23.5 Å². The molecular formula is C35H54F2N2O10. The normalized spacial score (nSPS) is 22.3. The van der Waals surface area contributed by atoms with E-state index in [2.05, 4.69) is 4.74 Å². The van der Waals surface area contributed by atoms with E-state index in [1.807, 2.05) is 13.8 Å². The molecule has 2 heterocycles. The first-order valence-corrected chi connectivity index (χ1v) is 16.6. The molecule has 0 radical (unpaired) electrons. The van der Waals surface area contributed by atoms with E-state index < -0.39 is 59.8 Å². The number of carbonyl (C=O) groups excluding carboxylic acids is 5. The highest BCUT2D eigenvalue weighted by Crippen LogP contribution is 2.28. The monoisotopic (exact) mass is 700 g/mol. The lowest BCUT2D eigenvalue weighted by Crippen LogP contribution is -2.43. The molecule has 2 fully saturated rings. The van der Waals surface area contributed by atoms with E-state index in [1.54, 1.807) is 47.6 Å². The lowest BCUT2D eigenvalue weighted by molar-refractivity contribution is -0.135. The second-order valence-electron chi connectivity index (χ2n) is 14.2. The van der Waals surface area contributed by atoms with Crippen molar-refractivity contribution in [3.05, 3.63) is 24.3 Å². The van der Waals surface area contributed by atoms with Gasteiger partial charge in [-0.1, -0.05) is 26.0 Å². The molecule has 2 aliphatic rings. The maximum atomic E-state index is 13.8. The minimum atomic E-state index is -1.26. The van der Waals surface area contributed by atoms with Crippen molar-refractivity contribution >= 4 is 35.7 Å². The van der Waals surface area contributed by atoms with Crippen LogP contribution >= 0.6 is 0 Å². The molecule has 0 aliphatic carbocycles. The zero-order valence-electron chi connectivity index (χ0n) is 30.2. The van der Waals surface area contributed by atoms with E-state index in [1.165, 1.54) is 24.2 Å². The molecule has 14 heteroatoms. The fraction of sp³-hybridized carbons (Fsp3) is 0.714. The van der Waals surface area contributed by atoms with Crippen molar-refractivity contribution in [2.75, 3.05) is 20.2 Å². The molecule has 0 spiro atoms. The van der Waals surface area contributed by atoms with E-state index >= 15 is 0 Å². The van der Waals surface area contributed by atoms with Gasteiger partial charge in [-0.15, -0.1) is 0 Å². The summed E-state index contributed by atoms with van der Waals surface area (Å²) in [6.07, 6.45) is 2.81. The Bertz CT molecular complexity index is 1220. The van der Waals surface area contributed by atoms with Crippen LogP contribution in [-0.4, -0.2) is 106 Å². The summed E-state index contributed by atoms with van der Waals surface area (Å²) >= 11 is 0. The lowest BCUT2D eigenvalue weighted by Gasteiger charge is -2.28. The molecule has 12 nitrogen and oxygen atoms in total. The van der Waals surface area contributed by atoms with Gasteiger partial charge in [-0.2, -0.15) is 0 Å². The molecule has 0 aromatic carbocycles. The summed E-state index contributed by atoms with van der Waals surface area (Å²) < 4.78 is 42.6. The zero-order chi connectivity index (χ0) is 37.7. The van der Waals surface area contributed by atoms with Gasteiger partial charge in [-0.3, -0.25) is 19.4 Å². The second kappa shape index (κ2) is 19.4. The summed E-state index contributed by atoms with van der Waals surface area (Å²) in [6, 6.07) is -1.69. The molecule has 0 bridgehead atoms. The predicted molar refractivity (Wildman–Crippen MR) is 177 cm³/mol. The molecule has 278 valence electrons. The quantitative estimate of drug-likeness (QED) is 0.145. The number of Topliss-reactive ketones (excluding diaryl/α,β-unsaturated/α-hetero) is 2. The Kier molecular flexibility index (Phi) is 17.1. The van der Waals surface area contributed by atoms with Crippen LogP contribution in [0.5, 0.6) is 0 Å². The standard InChI is InChI=1S/C18H28FNO5.C17H26FNO5/c1-6-12(7-8-16(22)24-5)9-15(21)14-10-13(19)11-20(14)17(23)25-18(2,3)4;1-5-11(6-7-15(21)22)8-14(20)13-9-12(18)10-19(13)16(23)24-17(2,3)4/h7-8,12-14H,6,9-11H2,1-5H3;6-7,11-13H,5,8-10H2,1-4H3,(H,21,22)/b8-7+;7-6+/t12-,13-,14-;11-,12-,13-/m00/s1. The van der Waals surface area contributed by atoms with E-state index in [-0.39, 0.29) is 62.2 Å². The average Bonchev–Trinajstić information content (AvgIpc) is 3.58. The summed E-state index contributed by atoms with van der Waals surface area (Å²) in [5.74, 6) is -2.51. The number of hydrogen-bond donors (Lipinski definition) is 1. The van der Waals surface area contributed by atoms with Crippen LogP contribution in [0.1, 0.15) is 93.9 Å². The third-order valence-electron chi connectivity index (χ3n) is 7.69. The molecule has 2 saturated heterocycles. The molecule has 0 aromatic heterocycles. The number of carboxylic acid groups (broad SMARTS) is 1. The van der Waals surface area contributed by atoms with E-state index in [4.69, 9.17) is 14.6 Å². The number of carbonyl (C=O) groups is 6. The Morgan fingerprint density at radius 2 is 1.10 bits per heavy atom. The van der Waals surface area contributed by atoms with Crippen LogP contribution in [0.25, 0.3) is 0 Å². The lowest BCUT2D eigenvalue weighted by atomic mass is 9.94. The van der Waals surface area contributed by atoms with Gasteiger partial charge in [0, 0.05) is 37.8 Å². The van der Waals surface area contributed by atoms with Gasteiger partial charge in [0.25, 0.3) is 0 Å². The molecule has 2 rings (SSSR count). The SMILES string of the molecule is CC[C@@H](/C=C/C(=O)O)CC(=O)[C@@H]1C[C@H](F)CN1C(=O)OC(C)(C)C.CC[C@@H](/C=C/C(=O)OC)CC(=O)[C@@H]1C[C@H](F)CN1C(=O)OC(C)(C)C. The summed E-state index contributed by atoms with van der Waals surface area (Å²) in [6.45, 7) is 13.7. The summed E-state index contributed by atoms with van der Waals surface area (Å²) in [4.78, 5) is 73.6. The third kappa shape index (κ3) is 15.9. The van der Waals surface area contributed by atoms with Crippen LogP contribution in [0.2, 0.25) is 0 Å². The van der Waals surface area contributed by atoms with Crippen molar-refractivity contribution < 1.29 is 56.9 Å². The summed E-state index contributed by atoms with van der Waals surface area (Å²) in [5.41, 5.74) is -1.44. The number of ether oxygens (including phenoxy) is 3. The first kappa shape index (κ1) is 43.2. The Morgan fingerprint density at radius 1 is 0.735 bits per heavy atom. The minimum absolute atomic E-state index is 0.0186. The number of hydrogen-bond acceptors (Lipinski definition) is 9. The van der Waals surface area contributed by atoms with Crippen molar-refractivity contribution in [3.8, 4) is 0 Å². The number of esters is 1. The van der Waals surface area contributed by atoms with Crippen molar-refractivity contribution in [2.24, 2.45) is 11.8 Å². The van der Waals surface area contributed by atoms with Gasteiger partial charge in [0.2, 0.25) is 0 Å². The highest BCUT2D eigenvalue weighted by Gasteiger charge is 2.43. The van der Waals surface area contributed by atoms with Gasteiger partial charge in [0.05, 0.1) is 32.3 Å². The number of likely N-dealkylation sites (tertiary alicyclic amines) is 2. The first-order valence-electron chi connectivity index (χ1n) is 16.6. The van der Waals surface area contributed by atoms with Gasteiger partial charge in [0.15, 0.2) is 11.6 Å². The number of alkyl halides is 2. The van der Waals surface area contributed by atoms with Gasteiger partial charge < -0.3 is 19.3 Å². The number of nitrogens with zero attached hydrogens (tertiary/aromatic N) is 2. The van der Waals surface area contributed by atoms with Crippen LogP contribution in [-0.2, 0) is 33.4 Å². The summed E-state index contributed by atoms with van der Waals surface area (Å²) in [7, 11) is 1.28. The topological polar surface area (TPSA) is 157 Å². The van der Waals surface area contributed by atoms with Crippen LogP contribution < -0.4 is 0 Å². The van der Waals surface area contributed by atoms with Crippen molar-refractivity contribution in [3.63, 3.8) is 0 Å². The number of carboxylic acids is 1. The van der Waals surface area contributed by atoms with Crippen LogP contribution in [0.4, 0.5) is 18.4 Å². The fourth-order valence-electron chi connectivity index (χ4n) is 5.21. The third-order valence-corrected chi connectivity index (χ3v) is 7.69. The van der Waals surface area contributed by atoms with Gasteiger partial charge >= 0.3 is 24.1 Å². The molecular weight excluding hydrogens is 646 g/mol. The number of ketones is 2. The van der Waals surface area contributed by atoms with E-state index in [0.717, 1.165) is 11.0 Å². The largest absolute Gasteiger partial charge is 0.478 e. The smallest absolute Gasteiger partial charge is 0.411 e. The number of aliphatic carboxylic acids is 1. The van der Waals surface area contributed by atoms with Gasteiger partial charge in [-0.05, 0) is 66.2 Å². The number of allylic oxidation sites excluding steroid dienone is 2. The molecule has 1 N–H and O–H groups in total. The summed E-state index contributed by atoms with van der Waals surface area (Å²) in [5, 5.41) is 8.67. The van der Waals surface area contributed by atoms with E-state index in [0.29, 0.717) is 12.8 Å². The maximum Gasteiger partial charge on any atom is 0.411 e. The van der Waals surface area contributed by atoms with Crippen LogP contribution in [0.3, 0.4) is 0 Å². The molecule has 6 atom stereocenters. The second-order valence-corrected chi connectivity index (χ2v) is 14.2. The minimum Gasteiger partial charge on any atom is -0.478 e. The molecule has 0 aromatic rings. The zero-order valence-corrected chi connectivity index (χ0v) is 30.2. The number of halogens is 2. The molecule has 2 aliphatic heterocycles. The molecule has 0 unspecified atom stereocenters. The molecule has 0 saturated carbocycles. The average molecular weight is 701 g/mol. The van der Waals surface area contributed by atoms with Crippen LogP contribution in [0.15, 0.2) is 24.3 Å². The van der Waals surface area contributed by atoms with E-state index in [9.17, 15) is 37.5 Å². The Morgan fingerprint density at radius 3 is 1.41 bits per heavy atom. The first-order chi connectivity index (χ1) is 22.6. The van der Waals surface area contributed by atoms with Crippen molar-refractivity contribution in [2.45, 2.75) is 130 Å². The molecule has 2 amide bonds. The van der Waals surface area contributed by atoms with Gasteiger partial charge in [-0.25, -0.2) is 28.0 Å². The Labute approximate surface area is 288 Å². The highest BCUT2D eigenvalue weighted by atomic mass is 19.1. The number of methoxy groups -OCH3 is 1. The highest BCUT2D eigenvalue weighted by molar-refractivity contribution is 5.89. The predicted octanol–water partition coefficient (Wildman–Crippen LogP) is 6.01. The number of amides is 2. The van der Waals surface area contributed by atoms with Crippen LogP contribution in [0, 0.1) is 11.8 Å². The van der Waals surface area contributed by atoms with Crippen molar-refractivity contribution in [1.82, 2.24) is 9.80 Å². The molecule has 49 heavy (non-hydrogen) atoms. The fourth-order valence-corrected chi connectivity index (χ4v) is 5.21. The van der Waals surface area contributed by atoms with Crippen molar-refractivity contribution in [1.29, 1.82) is 0 Å². The Hall–Kier alpha value is -3.84. The Balaban J connectivity index is 0.000000490. The maximum absolute atomic E-state index is 13.8.